The van der Waals surface area contributed by atoms with Crippen LogP contribution in [0, 0.1) is 5.92 Å². The Hall–Kier alpha value is -1.34. The van der Waals surface area contributed by atoms with Gasteiger partial charge in [0, 0.05) is 26.2 Å². The van der Waals surface area contributed by atoms with Gasteiger partial charge in [0.25, 0.3) is 0 Å². The SMILES string of the molecule is COc1cc(CNCC(C)C)ccc1OC[C@H](O)CN1CCOCC1. The highest BCUT2D eigenvalue weighted by atomic mass is 16.5. The summed E-state index contributed by atoms with van der Waals surface area (Å²) in [5.74, 6) is 1.98. The van der Waals surface area contributed by atoms with Gasteiger partial charge in [-0.05, 0) is 30.2 Å². The van der Waals surface area contributed by atoms with Gasteiger partial charge in [0.05, 0.1) is 20.3 Å². The molecule has 142 valence electrons. The first-order valence-electron chi connectivity index (χ1n) is 9.07. The molecule has 1 heterocycles. The fraction of sp³-hybridized carbons (Fsp3) is 0.684. The maximum Gasteiger partial charge on any atom is 0.161 e. The summed E-state index contributed by atoms with van der Waals surface area (Å²) in [4.78, 5) is 2.19. The number of hydrogen-bond acceptors (Lipinski definition) is 6. The van der Waals surface area contributed by atoms with Gasteiger partial charge in [-0.3, -0.25) is 4.90 Å². The third-order valence-electron chi connectivity index (χ3n) is 4.11. The van der Waals surface area contributed by atoms with E-state index in [1.165, 1.54) is 0 Å². The lowest BCUT2D eigenvalue weighted by molar-refractivity contribution is 0.00445. The van der Waals surface area contributed by atoms with E-state index in [4.69, 9.17) is 14.2 Å². The Balaban J connectivity index is 1.81. The number of nitrogens with one attached hydrogen (secondary N) is 1. The first-order chi connectivity index (χ1) is 12.1. The Kier molecular flexibility index (Phi) is 8.48. The van der Waals surface area contributed by atoms with Crippen molar-refractivity contribution in [2.75, 3.05) is 53.1 Å². The van der Waals surface area contributed by atoms with E-state index in [1.54, 1.807) is 7.11 Å². The molecule has 0 amide bonds. The van der Waals surface area contributed by atoms with Crippen LogP contribution in [0.1, 0.15) is 19.4 Å². The molecule has 2 rings (SSSR count). The minimum Gasteiger partial charge on any atom is -0.493 e. The first kappa shape index (κ1) is 20.0. The molecular weight excluding hydrogens is 320 g/mol. The fourth-order valence-electron chi connectivity index (χ4n) is 2.77. The van der Waals surface area contributed by atoms with Crippen molar-refractivity contribution < 1.29 is 19.3 Å². The van der Waals surface area contributed by atoms with E-state index in [-0.39, 0.29) is 6.61 Å². The van der Waals surface area contributed by atoms with Gasteiger partial charge in [0.1, 0.15) is 12.7 Å². The van der Waals surface area contributed by atoms with Crippen molar-refractivity contribution in [3.63, 3.8) is 0 Å². The minimum atomic E-state index is -0.532. The van der Waals surface area contributed by atoms with Crippen molar-refractivity contribution in [3.8, 4) is 11.5 Å². The minimum absolute atomic E-state index is 0.249. The summed E-state index contributed by atoms with van der Waals surface area (Å²) in [7, 11) is 1.64. The number of morpholine rings is 1. The fourth-order valence-corrected chi connectivity index (χ4v) is 2.77. The van der Waals surface area contributed by atoms with Crippen LogP contribution in [0.15, 0.2) is 18.2 Å². The second-order valence-electron chi connectivity index (χ2n) is 6.89. The van der Waals surface area contributed by atoms with E-state index in [0.717, 1.165) is 45.0 Å². The molecular formula is C19H32N2O4. The lowest BCUT2D eigenvalue weighted by Gasteiger charge is -2.28. The van der Waals surface area contributed by atoms with Crippen LogP contribution in [0.2, 0.25) is 0 Å². The lowest BCUT2D eigenvalue weighted by Crippen LogP contribution is -2.42. The summed E-state index contributed by atoms with van der Waals surface area (Å²) < 4.78 is 16.5. The van der Waals surface area contributed by atoms with Crippen LogP contribution in [0.5, 0.6) is 11.5 Å². The first-order valence-corrected chi connectivity index (χ1v) is 9.07. The smallest absolute Gasteiger partial charge is 0.161 e. The standard InChI is InChI=1S/C19H32N2O4/c1-15(2)11-20-12-16-4-5-18(19(10-16)23-3)25-14-17(22)13-21-6-8-24-9-7-21/h4-5,10,15,17,20,22H,6-9,11-14H2,1-3H3/t17-/m1/s1. The lowest BCUT2D eigenvalue weighted by atomic mass is 10.2. The maximum absolute atomic E-state index is 10.2. The van der Waals surface area contributed by atoms with E-state index in [2.05, 4.69) is 24.1 Å². The van der Waals surface area contributed by atoms with Crippen molar-refractivity contribution in [2.45, 2.75) is 26.5 Å². The monoisotopic (exact) mass is 352 g/mol. The molecule has 6 nitrogen and oxygen atoms in total. The highest BCUT2D eigenvalue weighted by molar-refractivity contribution is 5.43. The third kappa shape index (κ3) is 7.20. The van der Waals surface area contributed by atoms with Crippen molar-refractivity contribution >= 4 is 0 Å². The number of hydrogen-bond donors (Lipinski definition) is 2. The number of methoxy groups -OCH3 is 1. The Bertz CT molecular complexity index is 504. The molecule has 1 aromatic carbocycles. The number of nitrogens with zero attached hydrogens (tertiary/aromatic N) is 1. The van der Waals surface area contributed by atoms with Crippen LogP contribution in [0.25, 0.3) is 0 Å². The molecule has 25 heavy (non-hydrogen) atoms. The maximum atomic E-state index is 10.2. The summed E-state index contributed by atoms with van der Waals surface area (Å²) in [6.45, 7) is 10.2. The molecule has 0 aliphatic carbocycles. The summed E-state index contributed by atoms with van der Waals surface area (Å²) in [5.41, 5.74) is 1.15. The number of β-amino-alcohol motifs (C(OH)–C–C–N with tert-alkyl or cyclic N) is 1. The average Bonchev–Trinajstić information content (AvgIpc) is 2.61. The Labute approximate surface area is 151 Å². The molecule has 2 N–H and O–H groups in total. The van der Waals surface area contributed by atoms with E-state index >= 15 is 0 Å². The van der Waals surface area contributed by atoms with Gasteiger partial charge in [-0.1, -0.05) is 19.9 Å². The largest absolute Gasteiger partial charge is 0.493 e. The molecule has 0 radical (unpaired) electrons. The molecule has 0 aromatic heterocycles. The van der Waals surface area contributed by atoms with Crippen LogP contribution in [-0.2, 0) is 11.3 Å². The third-order valence-corrected chi connectivity index (χ3v) is 4.11. The predicted octanol–water partition coefficient (Wildman–Crippen LogP) is 1.51. The molecule has 0 bridgehead atoms. The zero-order valence-electron chi connectivity index (χ0n) is 15.7. The molecule has 1 aromatic rings. The van der Waals surface area contributed by atoms with E-state index in [1.807, 2.05) is 18.2 Å². The molecule has 1 atom stereocenters. The number of aliphatic hydroxyl groups is 1. The van der Waals surface area contributed by atoms with Gasteiger partial charge in [0.2, 0.25) is 0 Å². The van der Waals surface area contributed by atoms with E-state index in [0.29, 0.717) is 24.0 Å². The van der Waals surface area contributed by atoms with Crippen LogP contribution in [0.3, 0.4) is 0 Å². The van der Waals surface area contributed by atoms with Gasteiger partial charge in [-0.2, -0.15) is 0 Å². The van der Waals surface area contributed by atoms with E-state index in [9.17, 15) is 5.11 Å². The summed E-state index contributed by atoms with van der Waals surface area (Å²) in [6, 6.07) is 5.92. The number of benzene rings is 1. The van der Waals surface area contributed by atoms with Crippen molar-refractivity contribution in [2.24, 2.45) is 5.92 Å². The molecule has 1 aliphatic heterocycles. The highest BCUT2D eigenvalue weighted by Gasteiger charge is 2.16. The second-order valence-corrected chi connectivity index (χ2v) is 6.89. The zero-order chi connectivity index (χ0) is 18.1. The zero-order valence-corrected chi connectivity index (χ0v) is 15.7. The topological polar surface area (TPSA) is 63.2 Å². The van der Waals surface area contributed by atoms with Gasteiger partial charge in [-0.25, -0.2) is 0 Å². The van der Waals surface area contributed by atoms with Gasteiger partial charge in [0.15, 0.2) is 11.5 Å². The number of rotatable bonds is 10. The molecule has 0 saturated carbocycles. The summed E-state index contributed by atoms with van der Waals surface area (Å²) in [5, 5.41) is 13.6. The Morgan fingerprint density at radius 3 is 2.68 bits per heavy atom. The van der Waals surface area contributed by atoms with Crippen molar-refractivity contribution in [3.05, 3.63) is 23.8 Å². The Morgan fingerprint density at radius 2 is 2.00 bits per heavy atom. The van der Waals surface area contributed by atoms with Crippen LogP contribution in [-0.4, -0.2) is 69.2 Å². The number of aliphatic hydroxyl groups excluding tert-OH is 1. The van der Waals surface area contributed by atoms with Gasteiger partial charge >= 0.3 is 0 Å². The highest BCUT2D eigenvalue weighted by Crippen LogP contribution is 2.28. The van der Waals surface area contributed by atoms with Gasteiger partial charge in [-0.15, -0.1) is 0 Å². The molecule has 6 heteroatoms. The molecule has 1 saturated heterocycles. The van der Waals surface area contributed by atoms with Crippen molar-refractivity contribution in [1.82, 2.24) is 10.2 Å². The van der Waals surface area contributed by atoms with E-state index < -0.39 is 6.10 Å². The quantitative estimate of drug-likeness (QED) is 0.666. The second kappa shape index (κ2) is 10.6. The molecule has 1 aliphatic rings. The molecule has 0 spiro atoms. The van der Waals surface area contributed by atoms with Gasteiger partial charge < -0.3 is 24.6 Å². The normalized spacial score (nSPS) is 16.8. The Morgan fingerprint density at radius 1 is 1.24 bits per heavy atom. The molecule has 1 fully saturated rings. The molecule has 0 unspecified atom stereocenters. The van der Waals surface area contributed by atoms with Crippen LogP contribution < -0.4 is 14.8 Å². The summed E-state index contributed by atoms with van der Waals surface area (Å²) in [6.07, 6.45) is -0.532. The summed E-state index contributed by atoms with van der Waals surface area (Å²) >= 11 is 0. The number of ether oxygens (including phenoxy) is 3. The predicted molar refractivity (Wildman–Crippen MR) is 98.3 cm³/mol. The van der Waals surface area contributed by atoms with Crippen LogP contribution >= 0.6 is 0 Å². The van der Waals surface area contributed by atoms with Crippen LogP contribution in [0.4, 0.5) is 0 Å². The van der Waals surface area contributed by atoms with Crippen molar-refractivity contribution in [1.29, 1.82) is 0 Å². The average molecular weight is 352 g/mol.